The van der Waals surface area contributed by atoms with Crippen molar-refractivity contribution in [2.45, 2.75) is 50.4 Å². The molecule has 2 saturated heterocycles. The minimum atomic E-state index is -4.75. The molecular formula is C22H28F4N4O. The highest BCUT2D eigenvalue weighted by Crippen LogP contribution is 2.35. The molecule has 0 bridgehead atoms. The second-order valence-electron chi connectivity index (χ2n) is 8.41. The maximum atomic E-state index is 13.7. The molecule has 3 heterocycles. The van der Waals surface area contributed by atoms with Gasteiger partial charge in [-0.2, -0.15) is 13.2 Å². The Morgan fingerprint density at radius 1 is 1.13 bits per heavy atom. The lowest BCUT2D eigenvalue weighted by Crippen LogP contribution is -2.35. The van der Waals surface area contributed by atoms with Gasteiger partial charge in [-0.05, 0) is 63.5 Å². The van der Waals surface area contributed by atoms with Crippen LogP contribution in [-0.2, 0) is 12.7 Å². The summed E-state index contributed by atoms with van der Waals surface area (Å²) in [5.41, 5.74) is -0.581. The third kappa shape index (κ3) is 4.94. The van der Waals surface area contributed by atoms with Gasteiger partial charge in [-0.1, -0.05) is 0 Å². The van der Waals surface area contributed by atoms with Crippen molar-refractivity contribution in [3.05, 3.63) is 41.6 Å². The summed E-state index contributed by atoms with van der Waals surface area (Å²) >= 11 is 0. The van der Waals surface area contributed by atoms with E-state index in [2.05, 4.69) is 10.2 Å². The van der Waals surface area contributed by atoms with E-state index < -0.39 is 17.6 Å². The monoisotopic (exact) mass is 440 g/mol. The highest BCUT2D eigenvalue weighted by atomic mass is 19.4. The number of aromatic nitrogens is 2. The molecule has 170 valence electrons. The standard InChI is InChI=1S/C22H28F4N4O/c23-19-4-3-16(12-18(19)22(24,25)26)20-13-30(11-10-29-9-1-2-17(29)14-31)21(28-20)15-5-7-27-8-6-15/h3-4,12-13,15,17,27,31H,1-2,5-11,14H2/t17-/m1/s1. The highest BCUT2D eigenvalue weighted by Gasteiger charge is 2.34. The quantitative estimate of drug-likeness (QED) is 0.674. The number of nitrogens with one attached hydrogen (secondary N) is 1. The molecule has 0 saturated carbocycles. The van der Waals surface area contributed by atoms with Crippen LogP contribution in [0, 0.1) is 5.82 Å². The summed E-state index contributed by atoms with van der Waals surface area (Å²) in [4.78, 5) is 6.97. The molecular weight excluding hydrogens is 412 g/mol. The van der Waals surface area contributed by atoms with Crippen molar-refractivity contribution in [2.24, 2.45) is 0 Å². The van der Waals surface area contributed by atoms with E-state index in [1.807, 2.05) is 4.57 Å². The molecule has 2 aliphatic heterocycles. The van der Waals surface area contributed by atoms with Gasteiger partial charge in [0.25, 0.3) is 0 Å². The van der Waals surface area contributed by atoms with Crippen molar-refractivity contribution in [1.29, 1.82) is 0 Å². The molecule has 0 unspecified atom stereocenters. The normalized spacial score (nSPS) is 21.1. The van der Waals surface area contributed by atoms with Crippen LogP contribution in [0.1, 0.15) is 43.0 Å². The topological polar surface area (TPSA) is 53.3 Å². The number of piperidine rings is 1. The molecule has 1 aromatic carbocycles. The van der Waals surface area contributed by atoms with Gasteiger partial charge in [0.2, 0.25) is 0 Å². The fourth-order valence-electron chi connectivity index (χ4n) is 4.69. The number of nitrogens with zero attached hydrogens (tertiary/aromatic N) is 3. The molecule has 0 spiro atoms. The van der Waals surface area contributed by atoms with Gasteiger partial charge >= 0.3 is 6.18 Å². The molecule has 0 radical (unpaired) electrons. The first-order chi connectivity index (χ1) is 14.9. The van der Waals surface area contributed by atoms with Gasteiger partial charge in [-0.3, -0.25) is 4.90 Å². The first kappa shape index (κ1) is 22.2. The summed E-state index contributed by atoms with van der Waals surface area (Å²) in [5.74, 6) is -0.183. The van der Waals surface area contributed by atoms with Crippen LogP contribution in [0.25, 0.3) is 11.3 Å². The maximum Gasteiger partial charge on any atom is 0.419 e. The minimum absolute atomic E-state index is 0.131. The summed E-state index contributed by atoms with van der Waals surface area (Å²) in [6.07, 6.45) is 0.887. The maximum absolute atomic E-state index is 13.7. The first-order valence-electron chi connectivity index (χ1n) is 10.9. The zero-order valence-corrected chi connectivity index (χ0v) is 17.3. The third-order valence-corrected chi connectivity index (χ3v) is 6.42. The Hall–Kier alpha value is -1.97. The van der Waals surface area contributed by atoms with Crippen molar-refractivity contribution in [3.8, 4) is 11.3 Å². The molecule has 4 rings (SSSR count). The van der Waals surface area contributed by atoms with E-state index in [1.54, 1.807) is 6.20 Å². The molecule has 5 nitrogen and oxygen atoms in total. The van der Waals surface area contributed by atoms with Gasteiger partial charge in [0.15, 0.2) is 0 Å². The smallest absolute Gasteiger partial charge is 0.395 e. The fraction of sp³-hybridized carbons (Fsp3) is 0.591. The van der Waals surface area contributed by atoms with Crippen molar-refractivity contribution in [1.82, 2.24) is 19.8 Å². The average Bonchev–Trinajstić information content (AvgIpc) is 3.39. The second-order valence-corrected chi connectivity index (χ2v) is 8.41. The number of imidazole rings is 1. The van der Waals surface area contributed by atoms with Crippen molar-refractivity contribution >= 4 is 0 Å². The first-order valence-corrected chi connectivity index (χ1v) is 10.9. The minimum Gasteiger partial charge on any atom is -0.395 e. The Labute approximate surface area is 179 Å². The predicted molar refractivity (Wildman–Crippen MR) is 109 cm³/mol. The van der Waals surface area contributed by atoms with Gasteiger partial charge in [0.05, 0.1) is 17.9 Å². The Bertz CT molecular complexity index is 892. The van der Waals surface area contributed by atoms with Gasteiger partial charge in [0, 0.05) is 36.8 Å². The number of hydrogen-bond donors (Lipinski definition) is 2. The summed E-state index contributed by atoms with van der Waals surface area (Å²) in [7, 11) is 0. The Morgan fingerprint density at radius 2 is 1.90 bits per heavy atom. The largest absolute Gasteiger partial charge is 0.419 e. The van der Waals surface area contributed by atoms with Gasteiger partial charge in [-0.25, -0.2) is 9.37 Å². The fourth-order valence-corrected chi connectivity index (χ4v) is 4.69. The molecule has 2 aromatic rings. The zero-order valence-electron chi connectivity index (χ0n) is 17.3. The number of rotatable bonds is 6. The number of hydrogen-bond acceptors (Lipinski definition) is 4. The van der Waals surface area contributed by atoms with Crippen LogP contribution < -0.4 is 5.32 Å². The van der Waals surface area contributed by atoms with Crippen LogP contribution in [0.3, 0.4) is 0 Å². The summed E-state index contributed by atoms with van der Waals surface area (Å²) < 4.78 is 55.3. The summed E-state index contributed by atoms with van der Waals surface area (Å²) in [6, 6.07) is 3.22. The molecule has 9 heteroatoms. The summed E-state index contributed by atoms with van der Waals surface area (Å²) in [5, 5.41) is 12.9. The number of alkyl halides is 3. The number of likely N-dealkylation sites (tertiary alicyclic amines) is 1. The molecule has 2 aliphatic rings. The van der Waals surface area contributed by atoms with E-state index in [9.17, 15) is 22.7 Å². The van der Waals surface area contributed by atoms with Gasteiger partial charge < -0.3 is 15.0 Å². The van der Waals surface area contributed by atoms with Crippen molar-refractivity contribution in [3.63, 3.8) is 0 Å². The van der Waals surface area contributed by atoms with Crippen LogP contribution in [0.15, 0.2) is 24.4 Å². The molecule has 1 atom stereocenters. The highest BCUT2D eigenvalue weighted by molar-refractivity contribution is 5.60. The Morgan fingerprint density at radius 3 is 2.61 bits per heavy atom. The molecule has 31 heavy (non-hydrogen) atoms. The molecule has 1 aromatic heterocycles. The van der Waals surface area contributed by atoms with E-state index >= 15 is 0 Å². The average molecular weight is 440 g/mol. The van der Waals surface area contributed by atoms with Crippen LogP contribution in [0.4, 0.5) is 17.6 Å². The lowest BCUT2D eigenvalue weighted by Gasteiger charge is -2.25. The molecule has 0 amide bonds. The number of halogens is 4. The van der Waals surface area contributed by atoms with Crippen LogP contribution in [-0.4, -0.2) is 58.4 Å². The lowest BCUT2D eigenvalue weighted by molar-refractivity contribution is -0.139. The van der Waals surface area contributed by atoms with E-state index in [1.165, 1.54) is 6.07 Å². The zero-order chi connectivity index (χ0) is 22.0. The van der Waals surface area contributed by atoms with E-state index in [0.717, 1.165) is 69.8 Å². The third-order valence-electron chi connectivity index (χ3n) is 6.42. The van der Waals surface area contributed by atoms with Crippen LogP contribution in [0.5, 0.6) is 0 Å². The van der Waals surface area contributed by atoms with Gasteiger partial charge in [0.1, 0.15) is 11.6 Å². The molecule has 2 fully saturated rings. The predicted octanol–water partition coefficient (Wildman–Crippen LogP) is 3.63. The van der Waals surface area contributed by atoms with E-state index in [-0.39, 0.29) is 24.1 Å². The van der Waals surface area contributed by atoms with E-state index in [4.69, 9.17) is 4.98 Å². The second kappa shape index (κ2) is 9.26. The van der Waals surface area contributed by atoms with Gasteiger partial charge in [-0.15, -0.1) is 0 Å². The Balaban J connectivity index is 1.63. The van der Waals surface area contributed by atoms with Crippen LogP contribution in [0.2, 0.25) is 0 Å². The van der Waals surface area contributed by atoms with Crippen molar-refractivity contribution in [2.75, 3.05) is 32.8 Å². The number of aliphatic hydroxyl groups is 1. The van der Waals surface area contributed by atoms with Crippen molar-refractivity contribution < 1.29 is 22.7 Å². The number of aliphatic hydroxyl groups excluding tert-OH is 1. The number of benzene rings is 1. The SMILES string of the molecule is OC[C@H]1CCCN1CCn1cc(-c2ccc(F)c(C(F)(F)F)c2)nc1C1CCNCC1. The van der Waals surface area contributed by atoms with Crippen LogP contribution >= 0.6 is 0 Å². The molecule has 2 N–H and O–H groups in total. The molecule has 0 aliphatic carbocycles. The lowest BCUT2D eigenvalue weighted by atomic mass is 9.97. The van der Waals surface area contributed by atoms with E-state index in [0.29, 0.717) is 12.2 Å². The Kier molecular flexibility index (Phi) is 6.64. The summed E-state index contributed by atoms with van der Waals surface area (Å²) in [6.45, 7) is 4.21.